The van der Waals surface area contributed by atoms with Crippen LogP contribution in [0.2, 0.25) is 0 Å². The van der Waals surface area contributed by atoms with Gasteiger partial charge >= 0.3 is 0 Å². The highest BCUT2D eigenvalue weighted by Crippen LogP contribution is 2.25. The highest BCUT2D eigenvalue weighted by molar-refractivity contribution is 8.93. The van der Waals surface area contributed by atoms with Crippen molar-refractivity contribution in [2.45, 2.75) is 6.92 Å². The van der Waals surface area contributed by atoms with Crippen LogP contribution in [0, 0.1) is 0 Å². The molecule has 6 heteroatoms. The largest absolute Gasteiger partial charge is 1.00 e. The Morgan fingerprint density at radius 2 is 1.25 bits per heavy atom. The van der Waals surface area contributed by atoms with Crippen LogP contribution in [-0.4, -0.2) is 67.9 Å². The number of quaternary nitrogens is 2. The minimum Gasteiger partial charge on any atom is -1.00 e. The van der Waals surface area contributed by atoms with E-state index in [1.54, 1.807) is 0 Å². The molecule has 3 rings (SSSR count). The Kier molecular flexibility index (Phi) is 9.44. The van der Waals surface area contributed by atoms with Crippen molar-refractivity contribution in [2.75, 3.05) is 58.9 Å². The molecule has 3 nitrogen and oxygen atoms in total. The normalized spacial score (nSPS) is 35.6. The molecule has 3 aliphatic rings. The molecular formula is C10H24Br3N3. The summed E-state index contributed by atoms with van der Waals surface area (Å²) in [6.45, 7) is 14.1. The molecule has 2 N–H and O–H groups in total. The lowest BCUT2D eigenvalue weighted by Crippen LogP contribution is -3.00. The molecule has 3 heterocycles. The van der Waals surface area contributed by atoms with Gasteiger partial charge in [-0.25, -0.2) is 0 Å². The number of piperazine rings is 3. The van der Waals surface area contributed by atoms with Gasteiger partial charge in [-0.2, -0.15) is 0 Å². The SMILES string of the molecule is Br.CC[N+]12CC[N+](CCN)(CC1)CC2.[Br-].[Br-]. The molecule has 0 atom stereocenters. The van der Waals surface area contributed by atoms with E-state index in [1.165, 1.54) is 61.3 Å². The summed E-state index contributed by atoms with van der Waals surface area (Å²) in [4.78, 5) is 0. The number of fused-ring (bicyclic) bond motifs is 3. The molecule has 0 saturated carbocycles. The third-order valence-corrected chi connectivity index (χ3v) is 4.42. The van der Waals surface area contributed by atoms with Gasteiger partial charge in [0.25, 0.3) is 0 Å². The molecule has 0 aromatic heterocycles. The molecule has 16 heavy (non-hydrogen) atoms. The third kappa shape index (κ3) is 3.65. The zero-order valence-electron chi connectivity index (χ0n) is 10.00. The predicted molar refractivity (Wildman–Crippen MR) is 64.5 cm³/mol. The zero-order valence-corrected chi connectivity index (χ0v) is 14.9. The van der Waals surface area contributed by atoms with E-state index in [9.17, 15) is 0 Å². The maximum Gasteiger partial charge on any atom is 0.129 e. The molecular weight excluding hydrogens is 402 g/mol. The Morgan fingerprint density at radius 3 is 1.56 bits per heavy atom. The first kappa shape index (κ1) is 19.7. The van der Waals surface area contributed by atoms with Crippen LogP contribution in [0.15, 0.2) is 0 Å². The lowest BCUT2D eigenvalue weighted by molar-refractivity contribution is -1.08. The second kappa shape index (κ2) is 7.69. The molecule has 3 saturated heterocycles. The van der Waals surface area contributed by atoms with Crippen LogP contribution >= 0.6 is 17.0 Å². The van der Waals surface area contributed by atoms with Gasteiger partial charge in [0.05, 0.1) is 13.1 Å². The lowest BCUT2D eigenvalue weighted by Gasteiger charge is -2.55. The van der Waals surface area contributed by atoms with Gasteiger partial charge in [-0.05, 0) is 6.92 Å². The average Bonchev–Trinajstić information content (AvgIpc) is 2.21. The van der Waals surface area contributed by atoms with Gasteiger partial charge in [0.15, 0.2) is 0 Å². The fraction of sp³-hybridized carbons (Fsp3) is 1.00. The van der Waals surface area contributed by atoms with E-state index in [4.69, 9.17) is 5.73 Å². The summed E-state index contributed by atoms with van der Waals surface area (Å²) < 4.78 is 2.72. The number of halogens is 3. The average molecular weight is 426 g/mol. The third-order valence-electron chi connectivity index (χ3n) is 4.42. The van der Waals surface area contributed by atoms with E-state index in [1.807, 2.05) is 0 Å². The summed E-state index contributed by atoms with van der Waals surface area (Å²) >= 11 is 0. The van der Waals surface area contributed by atoms with Crippen LogP contribution < -0.4 is 39.7 Å². The van der Waals surface area contributed by atoms with Gasteiger partial charge in [-0.15, -0.1) is 17.0 Å². The van der Waals surface area contributed by atoms with Gasteiger partial charge in [-0.1, -0.05) is 0 Å². The first-order chi connectivity index (χ1) is 6.24. The molecule has 0 aromatic rings. The fourth-order valence-electron chi connectivity index (χ4n) is 3.03. The Labute approximate surface area is 131 Å². The molecule has 100 valence electrons. The van der Waals surface area contributed by atoms with E-state index >= 15 is 0 Å². The Hall–Kier alpha value is 1.32. The van der Waals surface area contributed by atoms with Crippen LogP contribution in [0.4, 0.5) is 0 Å². The van der Waals surface area contributed by atoms with Crippen molar-refractivity contribution >= 4 is 17.0 Å². The van der Waals surface area contributed by atoms with Crippen molar-refractivity contribution in [3.63, 3.8) is 0 Å². The van der Waals surface area contributed by atoms with E-state index in [-0.39, 0.29) is 50.9 Å². The van der Waals surface area contributed by atoms with E-state index in [0.29, 0.717) is 0 Å². The molecule has 2 bridgehead atoms. The standard InChI is InChI=1S/C10H23N3.3BrH/c1-2-12-5-8-13(4-3-11,9-6-12)10-7-12;;;/h2-11H2,1H3;3*1H/q+2;;;/p-2. The van der Waals surface area contributed by atoms with Gasteiger partial charge in [-0.3, -0.25) is 0 Å². The minimum absolute atomic E-state index is 0. The summed E-state index contributed by atoms with van der Waals surface area (Å²) in [6.07, 6.45) is 0. The molecule has 0 spiro atoms. The van der Waals surface area contributed by atoms with Crippen molar-refractivity contribution in [3.8, 4) is 0 Å². The molecule has 0 unspecified atom stereocenters. The van der Waals surface area contributed by atoms with E-state index in [0.717, 1.165) is 6.54 Å². The number of rotatable bonds is 3. The molecule has 3 fully saturated rings. The first-order valence-electron chi connectivity index (χ1n) is 5.65. The van der Waals surface area contributed by atoms with Gasteiger partial charge in [0.2, 0.25) is 0 Å². The predicted octanol–water partition coefficient (Wildman–Crippen LogP) is -5.79. The monoisotopic (exact) mass is 423 g/mol. The summed E-state index contributed by atoms with van der Waals surface area (Å²) in [6, 6.07) is 0. The van der Waals surface area contributed by atoms with Crippen molar-refractivity contribution in [1.29, 1.82) is 0 Å². The van der Waals surface area contributed by atoms with Crippen LogP contribution in [0.1, 0.15) is 6.92 Å². The number of likely N-dealkylation sites (N-methyl/N-ethyl adjacent to an activating group) is 1. The van der Waals surface area contributed by atoms with Gasteiger partial charge < -0.3 is 48.7 Å². The Morgan fingerprint density at radius 1 is 0.875 bits per heavy atom. The zero-order chi connectivity index (χ0) is 9.36. The Balaban J connectivity index is 0. The van der Waals surface area contributed by atoms with Crippen LogP contribution in [0.5, 0.6) is 0 Å². The van der Waals surface area contributed by atoms with Gasteiger partial charge in [0.1, 0.15) is 39.3 Å². The van der Waals surface area contributed by atoms with Crippen molar-refractivity contribution in [1.82, 2.24) is 0 Å². The summed E-state index contributed by atoms with van der Waals surface area (Å²) in [5.74, 6) is 0. The van der Waals surface area contributed by atoms with Crippen LogP contribution in [0.25, 0.3) is 0 Å². The topological polar surface area (TPSA) is 26.0 Å². The maximum absolute atomic E-state index is 5.68. The van der Waals surface area contributed by atoms with Crippen molar-refractivity contribution < 1.29 is 42.9 Å². The maximum atomic E-state index is 5.68. The summed E-state index contributed by atoms with van der Waals surface area (Å²) in [5.41, 5.74) is 5.68. The molecule has 0 amide bonds. The number of nitrogens with zero attached hydrogens (tertiary/aromatic N) is 2. The Bertz CT molecular complexity index is 177. The van der Waals surface area contributed by atoms with E-state index < -0.39 is 0 Å². The highest BCUT2D eigenvalue weighted by Gasteiger charge is 2.47. The van der Waals surface area contributed by atoms with Crippen molar-refractivity contribution in [2.24, 2.45) is 5.73 Å². The minimum atomic E-state index is 0. The van der Waals surface area contributed by atoms with Crippen molar-refractivity contribution in [3.05, 3.63) is 0 Å². The van der Waals surface area contributed by atoms with Crippen LogP contribution in [0.3, 0.4) is 0 Å². The molecule has 3 aliphatic heterocycles. The second-order valence-electron chi connectivity index (χ2n) is 4.85. The fourth-order valence-corrected chi connectivity index (χ4v) is 3.03. The number of hydrogen-bond acceptors (Lipinski definition) is 1. The van der Waals surface area contributed by atoms with E-state index in [2.05, 4.69) is 6.92 Å². The summed E-state index contributed by atoms with van der Waals surface area (Å²) in [5, 5.41) is 0. The highest BCUT2D eigenvalue weighted by atomic mass is 79.9. The smallest absolute Gasteiger partial charge is 0.129 e. The number of nitrogens with two attached hydrogens (primary N) is 1. The molecule has 0 radical (unpaired) electrons. The van der Waals surface area contributed by atoms with Gasteiger partial charge in [0, 0.05) is 6.54 Å². The first-order valence-corrected chi connectivity index (χ1v) is 5.65. The quantitative estimate of drug-likeness (QED) is 0.448. The second-order valence-corrected chi connectivity index (χ2v) is 4.85. The molecule has 0 aliphatic carbocycles. The molecule has 0 aromatic carbocycles. The van der Waals surface area contributed by atoms with Crippen LogP contribution in [-0.2, 0) is 0 Å². The number of hydrogen-bond donors (Lipinski definition) is 1. The summed E-state index contributed by atoms with van der Waals surface area (Å²) in [7, 11) is 0. The lowest BCUT2D eigenvalue weighted by atomic mass is 10.1.